The van der Waals surface area contributed by atoms with Gasteiger partial charge in [-0.3, -0.25) is 0 Å². The number of nitrogens with zero attached hydrogens (tertiary/aromatic N) is 3. The van der Waals surface area contributed by atoms with Gasteiger partial charge in [0.25, 0.3) is 0 Å². The SMILES string of the molecule is CC.Cc1ncnc2c(O)cn(C)c12. The number of hydrogen-bond acceptors (Lipinski definition) is 3. The van der Waals surface area contributed by atoms with E-state index in [0.29, 0.717) is 5.52 Å². The molecule has 14 heavy (non-hydrogen) atoms. The van der Waals surface area contributed by atoms with Crippen molar-refractivity contribution in [2.45, 2.75) is 20.8 Å². The summed E-state index contributed by atoms with van der Waals surface area (Å²) >= 11 is 0. The third-order valence-electron chi connectivity index (χ3n) is 1.92. The van der Waals surface area contributed by atoms with Gasteiger partial charge in [-0.25, -0.2) is 9.97 Å². The normalized spacial score (nSPS) is 9.71. The fraction of sp³-hybridized carbons (Fsp3) is 0.400. The molecule has 0 aliphatic heterocycles. The summed E-state index contributed by atoms with van der Waals surface area (Å²) in [4.78, 5) is 8.02. The highest BCUT2D eigenvalue weighted by molar-refractivity contribution is 5.83. The molecule has 0 aliphatic rings. The maximum absolute atomic E-state index is 9.41. The van der Waals surface area contributed by atoms with Crippen LogP contribution < -0.4 is 0 Å². The molecule has 0 aromatic carbocycles. The molecule has 0 radical (unpaired) electrons. The molecule has 2 aromatic heterocycles. The van der Waals surface area contributed by atoms with E-state index in [4.69, 9.17) is 0 Å². The average Bonchev–Trinajstić information content (AvgIpc) is 2.47. The first-order chi connectivity index (χ1) is 6.70. The molecule has 0 aliphatic carbocycles. The second-order valence-corrected chi connectivity index (χ2v) is 2.78. The minimum Gasteiger partial charge on any atom is -0.504 e. The van der Waals surface area contributed by atoms with Crippen molar-refractivity contribution in [3.05, 3.63) is 18.2 Å². The Morgan fingerprint density at radius 2 is 1.93 bits per heavy atom. The zero-order valence-electron chi connectivity index (χ0n) is 8.94. The lowest BCUT2D eigenvalue weighted by atomic mass is 10.3. The Hall–Kier alpha value is -1.58. The minimum atomic E-state index is 0.206. The zero-order chi connectivity index (χ0) is 10.7. The summed E-state index contributed by atoms with van der Waals surface area (Å²) in [6, 6.07) is 0. The van der Waals surface area contributed by atoms with Crippen LogP contribution in [-0.2, 0) is 7.05 Å². The molecule has 4 heteroatoms. The Labute approximate surface area is 83.2 Å². The molecule has 0 amide bonds. The number of hydrogen-bond donors (Lipinski definition) is 1. The summed E-state index contributed by atoms with van der Waals surface area (Å²) in [7, 11) is 1.86. The molecule has 2 rings (SSSR count). The van der Waals surface area contributed by atoms with Crippen LogP contribution in [0, 0.1) is 6.92 Å². The van der Waals surface area contributed by atoms with Gasteiger partial charge in [0.05, 0.1) is 11.2 Å². The van der Waals surface area contributed by atoms with Gasteiger partial charge in [0.2, 0.25) is 0 Å². The molecular formula is C10H15N3O. The van der Waals surface area contributed by atoms with E-state index >= 15 is 0 Å². The van der Waals surface area contributed by atoms with Crippen molar-refractivity contribution < 1.29 is 5.11 Å². The van der Waals surface area contributed by atoms with Gasteiger partial charge in [0, 0.05) is 13.2 Å². The Bertz CT molecular complexity index is 434. The molecule has 0 saturated carbocycles. The van der Waals surface area contributed by atoms with E-state index in [1.807, 2.05) is 32.4 Å². The van der Waals surface area contributed by atoms with Crippen molar-refractivity contribution in [3.8, 4) is 5.75 Å². The van der Waals surface area contributed by atoms with Gasteiger partial charge in [0.15, 0.2) is 5.75 Å². The Kier molecular flexibility index (Phi) is 3.06. The second-order valence-electron chi connectivity index (χ2n) is 2.78. The maximum atomic E-state index is 9.41. The summed E-state index contributed by atoms with van der Waals surface area (Å²) in [6.45, 7) is 5.89. The van der Waals surface area contributed by atoms with Crippen molar-refractivity contribution in [2.75, 3.05) is 0 Å². The fourth-order valence-electron chi connectivity index (χ4n) is 1.39. The predicted octanol–water partition coefficient (Wildman–Crippen LogP) is 2.01. The molecular weight excluding hydrogens is 178 g/mol. The zero-order valence-corrected chi connectivity index (χ0v) is 8.94. The Balaban J connectivity index is 0.000000461. The molecule has 1 N–H and O–H groups in total. The van der Waals surface area contributed by atoms with E-state index in [1.165, 1.54) is 6.33 Å². The first-order valence-corrected chi connectivity index (χ1v) is 4.65. The maximum Gasteiger partial charge on any atom is 0.159 e. The Morgan fingerprint density at radius 3 is 2.50 bits per heavy atom. The molecule has 4 nitrogen and oxygen atoms in total. The first-order valence-electron chi connectivity index (χ1n) is 4.65. The number of fused-ring (bicyclic) bond motifs is 1. The molecule has 0 atom stereocenters. The van der Waals surface area contributed by atoms with Crippen molar-refractivity contribution in [2.24, 2.45) is 7.05 Å². The van der Waals surface area contributed by atoms with Gasteiger partial charge in [-0.1, -0.05) is 13.8 Å². The predicted molar refractivity (Wildman–Crippen MR) is 56.3 cm³/mol. The van der Waals surface area contributed by atoms with E-state index in [0.717, 1.165) is 11.2 Å². The van der Waals surface area contributed by atoms with Gasteiger partial charge in [0.1, 0.15) is 11.8 Å². The van der Waals surface area contributed by atoms with E-state index < -0.39 is 0 Å². The van der Waals surface area contributed by atoms with Crippen LogP contribution in [0.5, 0.6) is 5.75 Å². The van der Waals surface area contributed by atoms with Gasteiger partial charge >= 0.3 is 0 Å². The minimum absolute atomic E-state index is 0.206. The number of aromatic nitrogens is 3. The van der Waals surface area contributed by atoms with Crippen molar-refractivity contribution in [3.63, 3.8) is 0 Å². The van der Waals surface area contributed by atoms with E-state index in [9.17, 15) is 5.11 Å². The smallest absolute Gasteiger partial charge is 0.159 e. The summed E-state index contributed by atoms with van der Waals surface area (Å²) in [5.41, 5.74) is 2.38. The van der Waals surface area contributed by atoms with E-state index in [1.54, 1.807) is 6.20 Å². The molecule has 0 saturated heterocycles. The van der Waals surface area contributed by atoms with Crippen molar-refractivity contribution in [1.29, 1.82) is 0 Å². The van der Waals surface area contributed by atoms with Crippen molar-refractivity contribution in [1.82, 2.24) is 14.5 Å². The monoisotopic (exact) mass is 193 g/mol. The van der Waals surface area contributed by atoms with Crippen LogP contribution in [0.2, 0.25) is 0 Å². The summed E-state index contributed by atoms with van der Waals surface area (Å²) in [6.07, 6.45) is 3.09. The topological polar surface area (TPSA) is 50.9 Å². The highest BCUT2D eigenvalue weighted by atomic mass is 16.3. The van der Waals surface area contributed by atoms with Crippen LogP contribution >= 0.6 is 0 Å². The van der Waals surface area contributed by atoms with Crippen LogP contribution in [0.3, 0.4) is 0 Å². The van der Waals surface area contributed by atoms with Gasteiger partial charge in [-0.05, 0) is 6.92 Å². The molecule has 0 fully saturated rings. The highest BCUT2D eigenvalue weighted by Crippen LogP contribution is 2.24. The quantitative estimate of drug-likeness (QED) is 0.696. The second kappa shape index (κ2) is 4.09. The largest absolute Gasteiger partial charge is 0.504 e. The molecule has 2 aromatic rings. The lowest BCUT2D eigenvalue weighted by molar-refractivity contribution is 0.478. The van der Waals surface area contributed by atoms with Crippen LogP contribution in [-0.4, -0.2) is 19.6 Å². The standard InChI is InChI=1S/C8H9N3O.C2H6/c1-5-8-7(10-4-9-5)6(12)3-11(8)2;1-2/h3-4,12H,1-2H3;1-2H3. The lowest BCUT2D eigenvalue weighted by Gasteiger charge is -1.96. The highest BCUT2D eigenvalue weighted by Gasteiger charge is 2.08. The number of aryl methyl sites for hydroxylation is 2. The lowest BCUT2D eigenvalue weighted by Crippen LogP contribution is -1.91. The van der Waals surface area contributed by atoms with Crippen LogP contribution in [0.25, 0.3) is 11.0 Å². The summed E-state index contributed by atoms with van der Waals surface area (Å²) < 4.78 is 1.82. The summed E-state index contributed by atoms with van der Waals surface area (Å²) in [5.74, 6) is 0.206. The van der Waals surface area contributed by atoms with E-state index in [-0.39, 0.29) is 5.75 Å². The Morgan fingerprint density at radius 1 is 1.29 bits per heavy atom. The number of aromatic hydroxyl groups is 1. The van der Waals surface area contributed by atoms with E-state index in [2.05, 4.69) is 9.97 Å². The molecule has 0 unspecified atom stereocenters. The van der Waals surface area contributed by atoms with Gasteiger partial charge < -0.3 is 9.67 Å². The fourth-order valence-corrected chi connectivity index (χ4v) is 1.39. The molecule has 2 heterocycles. The third-order valence-corrected chi connectivity index (χ3v) is 1.92. The number of rotatable bonds is 0. The molecule has 0 bridgehead atoms. The average molecular weight is 193 g/mol. The van der Waals surface area contributed by atoms with Crippen molar-refractivity contribution >= 4 is 11.0 Å². The van der Waals surface area contributed by atoms with Gasteiger partial charge in [-0.15, -0.1) is 0 Å². The van der Waals surface area contributed by atoms with Crippen LogP contribution in [0.15, 0.2) is 12.5 Å². The van der Waals surface area contributed by atoms with Crippen LogP contribution in [0.4, 0.5) is 0 Å². The summed E-state index contributed by atoms with van der Waals surface area (Å²) in [5, 5.41) is 9.41. The third kappa shape index (κ3) is 1.55. The van der Waals surface area contributed by atoms with Crippen LogP contribution in [0.1, 0.15) is 19.5 Å². The molecule has 0 spiro atoms. The van der Waals surface area contributed by atoms with Gasteiger partial charge in [-0.2, -0.15) is 0 Å². The first kappa shape index (κ1) is 10.5. The molecule has 76 valence electrons.